The highest BCUT2D eigenvalue weighted by Crippen LogP contribution is 2.26. The van der Waals surface area contributed by atoms with E-state index < -0.39 is 5.97 Å². The molecular formula is C20H16N2O3. The number of carbonyl (C=O) groups is 1. The van der Waals surface area contributed by atoms with Gasteiger partial charge >= 0.3 is 5.97 Å². The zero-order valence-corrected chi connectivity index (χ0v) is 13.4. The maximum Gasteiger partial charge on any atom is 0.323 e. The number of aliphatic carboxylic acids is 1. The van der Waals surface area contributed by atoms with Crippen molar-refractivity contribution in [3.63, 3.8) is 0 Å². The Bertz CT molecular complexity index is 1060. The Balaban J connectivity index is 1.69. The Morgan fingerprint density at radius 2 is 1.76 bits per heavy atom. The summed E-state index contributed by atoms with van der Waals surface area (Å²) in [6, 6.07) is 21.4. The molecule has 0 fully saturated rings. The van der Waals surface area contributed by atoms with Gasteiger partial charge in [-0.15, -0.1) is 0 Å². The third-order valence-corrected chi connectivity index (χ3v) is 4.13. The van der Waals surface area contributed by atoms with Gasteiger partial charge in [-0.25, -0.2) is 4.98 Å². The summed E-state index contributed by atoms with van der Waals surface area (Å²) in [7, 11) is 0. The molecule has 1 heterocycles. The maximum absolute atomic E-state index is 11.2. The van der Waals surface area contributed by atoms with Gasteiger partial charge in [0.1, 0.15) is 24.7 Å². The molecule has 0 aliphatic rings. The molecule has 0 amide bonds. The van der Waals surface area contributed by atoms with Crippen LogP contribution in [0.3, 0.4) is 0 Å². The van der Waals surface area contributed by atoms with Crippen molar-refractivity contribution in [3.05, 3.63) is 72.6 Å². The number of nitrogens with zero attached hydrogens (tertiary/aromatic N) is 2. The lowest BCUT2D eigenvalue weighted by molar-refractivity contribution is -0.137. The van der Waals surface area contributed by atoms with Gasteiger partial charge in [-0.1, -0.05) is 48.5 Å². The molecule has 25 heavy (non-hydrogen) atoms. The number of carboxylic acids is 1. The first-order valence-corrected chi connectivity index (χ1v) is 7.99. The van der Waals surface area contributed by atoms with Gasteiger partial charge in [0.15, 0.2) is 0 Å². The van der Waals surface area contributed by atoms with Crippen molar-refractivity contribution >= 4 is 27.8 Å². The van der Waals surface area contributed by atoms with Crippen LogP contribution >= 0.6 is 0 Å². The van der Waals surface area contributed by atoms with E-state index in [0.29, 0.717) is 5.82 Å². The lowest BCUT2D eigenvalue weighted by Crippen LogP contribution is -2.13. The molecule has 5 heteroatoms. The average molecular weight is 332 g/mol. The van der Waals surface area contributed by atoms with E-state index in [9.17, 15) is 9.90 Å². The van der Waals surface area contributed by atoms with Gasteiger partial charge in [0.05, 0.1) is 11.0 Å². The molecule has 0 aliphatic heterocycles. The van der Waals surface area contributed by atoms with E-state index in [1.54, 1.807) is 4.57 Å². The molecule has 0 saturated carbocycles. The average Bonchev–Trinajstić information content (AvgIpc) is 2.97. The molecule has 0 atom stereocenters. The number of hydrogen-bond donors (Lipinski definition) is 1. The number of hydrogen-bond acceptors (Lipinski definition) is 3. The van der Waals surface area contributed by atoms with Crippen molar-refractivity contribution < 1.29 is 14.6 Å². The van der Waals surface area contributed by atoms with Crippen molar-refractivity contribution in [2.75, 3.05) is 0 Å². The van der Waals surface area contributed by atoms with E-state index in [0.717, 1.165) is 27.6 Å². The van der Waals surface area contributed by atoms with Crippen LogP contribution in [0.25, 0.3) is 21.8 Å². The number of carboxylic acid groups (broad SMARTS) is 1. The minimum Gasteiger partial charge on any atom is -0.485 e. The van der Waals surface area contributed by atoms with Gasteiger partial charge in [0, 0.05) is 5.39 Å². The first-order valence-electron chi connectivity index (χ1n) is 7.99. The van der Waals surface area contributed by atoms with E-state index in [-0.39, 0.29) is 13.2 Å². The summed E-state index contributed by atoms with van der Waals surface area (Å²) in [5, 5.41) is 11.3. The molecule has 4 aromatic rings. The van der Waals surface area contributed by atoms with Gasteiger partial charge in [0.25, 0.3) is 0 Å². The smallest absolute Gasteiger partial charge is 0.323 e. The van der Waals surface area contributed by atoms with Crippen molar-refractivity contribution in [3.8, 4) is 5.75 Å². The molecule has 0 bridgehead atoms. The summed E-state index contributed by atoms with van der Waals surface area (Å²) in [4.78, 5) is 15.8. The van der Waals surface area contributed by atoms with E-state index in [1.165, 1.54) is 0 Å². The van der Waals surface area contributed by atoms with Gasteiger partial charge < -0.3 is 14.4 Å². The standard InChI is InChI=1S/C20H16N2O3/c23-20(24)12-22-17-10-4-3-9-16(17)21-19(22)13-25-18-11-5-7-14-6-1-2-8-15(14)18/h1-11H,12-13H2,(H,23,24). The van der Waals surface area contributed by atoms with Crippen LogP contribution in [0.1, 0.15) is 5.82 Å². The highest BCUT2D eigenvalue weighted by Gasteiger charge is 2.14. The molecule has 5 nitrogen and oxygen atoms in total. The number of benzene rings is 3. The number of imidazole rings is 1. The van der Waals surface area contributed by atoms with Crippen molar-refractivity contribution in [2.45, 2.75) is 13.2 Å². The predicted molar refractivity (Wildman–Crippen MR) is 95.6 cm³/mol. The summed E-state index contributed by atoms with van der Waals surface area (Å²) in [6.45, 7) is 0.0602. The third-order valence-electron chi connectivity index (χ3n) is 4.13. The molecule has 0 aliphatic carbocycles. The zero-order chi connectivity index (χ0) is 17.2. The fourth-order valence-electron chi connectivity index (χ4n) is 3.01. The van der Waals surface area contributed by atoms with Crippen LogP contribution < -0.4 is 4.74 Å². The number of rotatable bonds is 5. The molecule has 3 aromatic carbocycles. The van der Waals surface area contributed by atoms with Crippen LogP contribution in [0, 0.1) is 0 Å². The predicted octanol–water partition coefficient (Wildman–Crippen LogP) is 3.85. The number of para-hydroxylation sites is 2. The van der Waals surface area contributed by atoms with E-state index >= 15 is 0 Å². The van der Waals surface area contributed by atoms with Gasteiger partial charge in [0.2, 0.25) is 0 Å². The van der Waals surface area contributed by atoms with Crippen molar-refractivity contribution in [1.82, 2.24) is 9.55 Å². The van der Waals surface area contributed by atoms with Crippen LogP contribution in [0.5, 0.6) is 5.75 Å². The fraction of sp³-hybridized carbons (Fsp3) is 0.100. The Morgan fingerprint density at radius 1 is 1.00 bits per heavy atom. The topological polar surface area (TPSA) is 64.3 Å². The lowest BCUT2D eigenvalue weighted by atomic mass is 10.1. The molecule has 124 valence electrons. The minimum absolute atomic E-state index is 0.144. The first kappa shape index (κ1) is 15.2. The Labute approximate surface area is 144 Å². The van der Waals surface area contributed by atoms with Gasteiger partial charge in [-0.2, -0.15) is 0 Å². The first-order chi connectivity index (χ1) is 12.2. The molecule has 1 aromatic heterocycles. The summed E-state index contributed by atoms with van der Waals surface area (Å²) in [5.41, 5.74) is 1.56. The second-order valence-corrected chi connectivity index (χ2v) is 5.76. The molecule has 0 unspecified atom stereocenters. The summed E-state index contributed by atoms with van der Waals surface area (Å²) >= 11 is 0. The molecule has 0 saturated heterocycles. The minimum atomic E-state index is -0.908. The van der Waals surface area contributed by atoms with Crippen LogP contribution in [-0.4, -0.2) is 20.6 Å². The highest BCUT2D eigenvalue weighted by molar-refractivity contribution is 5.88. The van der Waals surface area contributed by atoms with Crippen LogP contribution in [0.2, 0.25) is 0 Å². The zero-order valence-electron chi connectivity index (χ0n) is 13.4. The van der Waals surface area contributed by atoms with Gasteiger partial charge in [-0.3, -0.25) is 4.79 Å². The molecule has 1 N–H and O–H groups in total. The van der Waals surface area contributed by atoms with Crippen LogP contribution in [-0.2, 0) is 17.9 Å². The summed E-state index contributed by atoms with van der Waals surface area (Å²) in [5.74, 6) is 0.443. The second-order valence-electron chi connectivity index (χ2n) is 5.76. The second kappa shape index (κ2) is 6.28. The monoisotopic (exact) mass is 332 g/mol. The van der Waals surface area contributed by atoms with Crippen LogP contribution in [0.4, 0.5) is 0 Å². The third kappa shape index (κ3) is 2.92. The molecule has 4 rings (SSSR count). The summed E-state index contributed by atoms with van der Waals surface area (Å²) < 4.78 is 7.66. The number of ether oxygens (including phenoxy) is 1. The fourth-order valence-corrected chi connectivity index (χ4v) is 3.01. The normalized spacial score (nSPS) is 11.0. The Hall–Kier alpha value is -3.34. The summed E-state index contributed by atoms with van der Waals surface area (Å²) in [6.07, 6.45) is 0. The van der Waals surface area contributed by atoms with Crippen LogP contribution in [0.15, 0.2) is 66.7 Å². The van der Waals surface area contributed by atoms with Crippen molar-refractivity contribution in [1.29, 1.82) is 0 Å². The lowest BCUT2D eigenvalue weighted by Gasteiger charge is -2.10. The highest BCUT2D eigenvalue weighted by atomic mass is 16.5. The maximum atomic E-state index is 11.2. The molecule has 0 radical (unpaired) electrons. The molecular weight excluding hydrogens is 316 g/mol. The molecule has 0 spiro atoms. The van der Waals surface area contributed by atoms with E-state index in [4.69, 9.17) is 4.74 Å². The van der Waals surface area contributed by atoms with E-state index in [2.05, 4.69) is 4.98 Å². The quantitative estimate of drug-likeness (QED) is 0.603. The Morgan fingerprint density at radius 3 is 2.64 bits per heavy atom. The largest absolute Gasteiger partial charge is 0.485 e. The van der Waals surface area contributed by atoms with E-state index in [1.807, 2.05) is 66.7 Å². The SMILES string of the molecule is O=C(O)Cn1c(COc2cccc3ccccc23)nc2ccccc21. The van der Waals surface area contributed by atoms with Crippen molar-refractivity contribution in [2.24, 2.45) is 0 Å². The number of fused-ring (bicyclic) bond motifs is 2. The number of aromatic nitrogens is 2. The van der Waals surface area contributed by atoms with Gasteiger partial charge in [-0.05, 0) is 23.6 Å². The Kier molecular flexibility index (Phi) is 3.82.